The number of carbonyl (C=O) groups excluding carboxylic acids is 2. The van der Waals surface area contributed by atoms with Crippen LogP contribution in [0.5, 0.6) is 5.75 Å². The Morgan fingerprint density at radius 3 is 2.72 bits per heavy atom. The van der Waals surface area contributed by atoms with E-state index in [1.54, 1.807) is 18.2 Å². The van der Waals surface area contributed by atoms with Crippen LogP contribution < -0.4 is 4.74 Å². The Morgan fingerprint density at radius 2 is 1.90 bits per heavy atom. The Balaban J connectivity index is 1.23. The van der Waals surface area contributed by atoms with Gasteiger partial charge in [-0.05, 0) is 35.7 Å². The van der Waals surface area contributed by atoms with Gasteiger partial charge in [-0.3, -0.25) is 9.59 Å². The molecule has 6 nitrogen and oxygen atoms in total. The Kier molecular flexibility index (Phi) is 4.27. The van der Waals surface area contributed by atoms with Crippen molar-refractivity contribution in [2.24, 2.45) is 5.92 Å². The first-order valence-electron chi connectivity index (χ1n) is 9.94. The van der Waals surface area contributed by atoms with Crippen LogP contribution >= 0.6 is 0 Å². The molecule has 2 aliphatic rings. The fraction of sp³-hybridized carbons (Fsp3) is 0.304. The monoisotopic (exact) mass is 389 g/mol. The molecule has 0 aliphatic carbocycles. The lowest BCUT2D eigenvalue weighted by molar-refractivity contribution is -0.140. The van der Waals surface area contributed by atoms with Gasteiger partial charge in [0, 0.05) is 43.3 Å². The van der Waals surface area contributed by atoms with Crippen LogP contribution in [-0.4, -0.2) is 53.3 Å². The number of ether oxygens (including phenoxy) is 1. The third-order valence-electron chi connectivity index (χ3n) is 6.08. The minimum Gasteiger partial charge on any atom is -0.497 e. The normalized spacial score (nSPS) is 16.4. The molecule has 0 radical (unpaired) electrons. The number of methoxy groups -OCH3 is 1. The van der Waals surface area contributed by atoms with Crippen molar-refractivity contribution in [2.75, 3.05) is 26.7 Å². The molecule has 1 aromatic heterocycles. The maximum absolute atomic E-state index is 12.9. The number of benzene rings is 2. The average Bonchev–Trinajstić information content (AvgIpc) is 3.16. The maximum atomic E-state index is 12.9. The molecule has 148 valence electrons. The largest absolute Gasteiger partial charge is 0.497 e. The molecule has 3 heterocycles. The number of para-hydroxylation sites is 1. The van der Waals surface area contributed by atoms with Crippen molar-refractivity contribution in [3.63, 3.8) is 0 Å². The maximum Gasteiger partial charge on any atom is 0.256 e. The van der Waals surface area contributed by atoms with Crippen molar-refractivity contribution >= 4 is 22.7 Å². The zero-order chi connectivity index (χ0) is 20.0. The molecule has 0 atom stereocenters. The summed E-state index contributed by atoms with van der Waals surface area (Å²) in [7, 11) is 1.67. The Morgan fingerprint density at radius 1 is 1.07 bits per heavy atom. The second-order valence-electron chi connectivity index (χ2n) is 7.80. The van der Waals surface area contributed by atoms with E-state index in [9.17, 15) is 9.59 Å². The van der Waals surface area contributed by atoms with Crippen LogP contribution in [0, 0.1) is 5.92 Å². The van der Waals surface area contributed by atoms with Crippen LogP contribution in [0.2, 0.25) is 0 Å². The molecule has 1 saturated heterocycles. The summed E-state index contributed by atoms with van der Waals surface area (Å²) in [6, 6.07) is 13.8. The summed E-state index contributed by atoms with van der Waals surface area (Å²) in [6.07, 6.45) is 2.60. The lowest BCUT2D eigenvalue weighted by atomic mass is 9.94. The van der Waals surface area contributed by atoms with Gasteiger partial charge >= 0.3 is 0 Å². The fourth-order valence-electron chi connectivity index (χ4n) is 4.32. The van der Waals surface area contributed by atoms with Crippen LogP contribution in [0.4, 0.5) is 0 Å². The number of hydrogen-bond acceptors (Lipinski definition) is 3. The summed E-state index contributed by atoms with van der Waals surface area (Å²) < 4.78 is 5.29. The van der Waals surface area contributed by atoms with Crippen molar-refractivity contribution in [3.05, 3.63) is 65.4 Å². The molecular weight excluding hydrogens is 366 g/mol. The Labute approximate surface area is 169 Å². The molecule has 1 fully saturated rings. The van der Waals surface area contributed by atoms with E-state index < -0.39 is 0 Å². The number of aromatic nitrogens is 1. The number of fused-ring (bicyclic) bond motifs is 2. The molecule has 2 aromatic carbocycles. The number of hydrogen-bond donors (Lipinski definition) is 1. The molecule has 3 aromatic rings. The minimum absolute atomic E-state index is 0.0115. The first-order chi connectivity index (χ1) is 14.1. The number of aromatic amines is 1. The van der Waals surface area contributed by atoms with Crippen molar-refractivity contribution in [1.29, 1.82) is 0 Å². The van der Waals surface area contributed by atoms with Gasteiger partial charge in [0.25, 0.3) is 5.91 Å². The van der Waals surface area contributed by atoms with E-state index in [1.807, 2.05) is 41.3 Å². The van der Waals surface area contributed by atoms with Gasteiger partial charge < -0.3 is 19.5 Å². The molecule has 5 rings (SSSR count). The third-order valence-corrected chi connectivity index (χ3v) is 6.08. The van der Waals surface area contributed by atoms with Crippen molar-refractivity contribution in [3.8, 4) is 5.75 Å². The second kappa shape index (κ2) is 6.95. The summed E-state index contributed by atoms with van der Waals surface area (Å²) in [5.41, 5.74) is 4.05. The van der Waals surface area contributed by atoms with Gasteiger partial charge in [-0.2, -0.15) is 0 Å². The van der Waals surface area contributed by atoms with Crippen LogP contribution in [0.15, 0.2) is 48.7 Å². The highest BCUT2D eigenvalue weighted by Crippen LogP contribution is 2.28. The van der Waals surface area contributed by atoms with Gasteiger partial charge in [0.2, 0.25) is 5.91 Å². The summed E-state index contributed by atoms with van der Waals surface area (Å²) in [4.78, 5) is 32.6. The van der Waals surface area contributed by atoms with Gasteiger partial charge in [0.05, 0.1) is 18.6 Å². The molecule has 29 heavy (non-hydrogen) atoms. The van der Waals surface area contributed by atoms with E-state index in [1.165, 1.54) is 11.1 Å². The highest BCUT2D eigenvalue weighted by molar-refractivity contribution is 6.07. The smallest absolute Gasteiger partial charge is 0.256 e. The Hall–Kier alpha value is -3.28. The molecule has 2 amide bonds. The number of likely N-dealkylation sites (tertiary alicyclic amines) is 1. The van der Waals surface area contributed by atoms with E-state index in [-0.39, 0.29) is 17.7 Å². The highest BCUT2D eigenvalue weighted by Gasteiger charge is 2.39. The van der Waals surface area contributed by atoms with Gasteiger partial charge in [-0.25, -0.2) is 0 Å². The molecule has 0 spiro atoms. The SMILES string of the molecule is COc1ccc2c(c1)CCN(C(=O)C1CN(C(=O)c3c[nH]c4ccccc34)C1)C2. The highest BCUT2D eigenvalue weighted by atomic mass is 16.5. The molecular formula is C23H23N3O3. The Bertz CT molecular complexity index is 1100. The summed E-state index contributed by atoms with van der Waals surface area (Å²) in [5, 5.41) is 0.926. The van der Waals surface area contributed by atoms with E-state index in [4.69, 9.17) is 4.74 Å². The van der Waals surface area contributed by atoms with E-state index >= 15 is 0 Å². The number of H-pyrrole nitrogens is 1. The van der Waals surface area contributed by atoms with Crippen LogP contribution in [0.3, 0.4) is 0 Å². The quantitative estimate of drug-likeness (QED) is 0.749. The summed E-state index contributed by atoms with van der Waals surface area (Å²) >= 11 is 0. The van der Waals surface area contributed by atoms with Crippen molar-refractivity contribution in [1.82, 2.24) is 14.8 Å². The van der Waals surface area contributed by atoms with Crippen molar-refractivity contribution < 1.29 is 14.3 Å². The molecule has 1 N–H and O–H groups in total. The van der Waals surface area contributed by atoms with Crippen LogP contribution in [0.1, 0.15) is 21.5 Å². The van der Waals surface area contributed by atoms with Crippen LogP contribution in [-0.2, 0) is 17.8 Å². The fourth-order valence-corrected chi connectivity index (χ4v) is 4.32. The second-order valence-corrected chi connectivity index (χ2v) is 7.80. The van der Waals surface area contributed by atoms with Gasteiger partial charge in [0.1, 0.15) is 5.75 Å². The van der Waals surface area contributed by atoms with Gasteiger partial charge in [0.15, 0.2) is 0 Å². The topological polar surface area (TPSA) is 65.6 Å². The summed E-state index contributed by atoms with van der Waals surface area (Å²) in [6.45, 7) is 2.32. The lowest BCUT2D eigenvalue weighted by Gasteiger charge is -2.41. The van der Waals surface area contributed by atoms with E-state index in [0.717, 1.165) is 23.1 Å². The summed E-state index contributed by atoms with van der Waals surface area (Å²) in [5.74, 6) is 0.884. The molecule has 0 bridgehead atoms. The first-order valence-corrected chi connectivity index (χ1v) is 9.94. The van der Waals surface area contributed by atoms with E-state index in [2.05, 4.69) is 11.1 Å². The standard InChI is InChI=1S/C23H23N3O3/c1-29-18-7-6-16-12-25(9-8-15(16)10-18)22(27)17-13-26(14-17)23(28)20-11-24-21-5-3-2-4-19(20)21/h2-7,10-11,17,24H,8-9,12-14H2,1H3. The number of nitrogens with one attached hydrogen (secondary N) is 1. The number of amides is 2. The first kappa shape index (κ1) is 17.8. The molecule has 6 heteroatoms. The predicted octanol–water partition coefficient (Wildman–Crippen LogP) is 2.83. The van der Waals surface area contributed by atoms with Crippen molar-refractivity contribution in [2.45, 2.75) is 13.0 Å². The molecule has 0 unspecified atom stereocenters. The van der Waals surface area contributed by atoms with E-state index in [0.29, 0.717) is 31.7 Å². The predicted molar refractivity (Wildman–Crippen MR) is 110 cm³/mol. The zero-order valence-corrected chi connectivity index (χ0v) is 16.4. The number of nitrogens with zero attached hydrogens (tertiary/aromatic N) is 2. The molecule has 0 saturated carbocycles. The number of rotatable bonds is 3. The van der Waals surface area contributed by atoms with Gasteiger partial charge in [-0.15, -0.1) is 0 Å². The van der Waals surface area contributed by atoms with Gasteiger partial charge in [-0.1, -0.05) is 24.3 Å². The lowest BCUT2D eigenvalue weighted by Crippen LogP contribution is -2.56. The average molecular weight is 389 g/mol. The zero-order valence-electron chi connectivity index (χ0n) is 16.4. The third kappa shape index (κ3) is 3.05. The minimum atomic E-state index is -0.107. The van der Waals surface area contributed by atoms with Crippen LogP contribution in [0.25, 0.3) is 10.9 Å². The molecule has 2 aliphatic heterocycles. The number of carbonyl (C=O) groups is 2.